The van der Waals surface area contributed by atoms with Crippen LogP contribution < -0.4 is 4.90 Å². The van der Waals surface area contributed by atoms with Gasteiger partial charge in [-0.2, -0.15) is 10.2 Å². The van der Waals surface area contributed by atoms with Crippen LogP contribution in [0.15, 0.2) is 46.4 Å². The molecule has 3 heterocycles. The van der Waals surface area contributed by atoms with Gasteiger partial charge in [-0.05, 0) is 67.3 Å². The molecule has 0 atom stereocenters. The number of rotatable bonds is 2. The van der Waals surface area contributed by atoms with Crippen LogP contribution in [0.4, 0.5) is 11.4 Å². The molecule has 0 fully saturated rings. The van der Waals surface area contributed by atoms with Gasteiger partial charge in [0.25, 0.3) is 0 Å². The van der Waals surface area contributed by atoms with E-state index in [1.807, 2.05) is 12.2 Å². The Balaban J connectivity index is 1.63. The second-order valence-corrected chi connectivity index (χ2v) is 6.42. The molecule has 0 bridgehead atoms. The molecule has 4 nitrogen and oxygen atoms in total. The number of nitrogens with zero attached hydrogens (tertiary/aromatic N) is 4. The molecule has 3 aliphatic heterocycles. The van der Waals surface area contributed by atoms with E-state index >= 15 is 0 Å². The first-order valence-corrected chi connectivity index (χ1v) is 8.20. The third kappa shape index (κ3) is 2.54. The largest absolute Gasteiger partial charge is 0.374 e. The first-order valence-electron chi connectivity index (χ1n) is 8.20. The highest BCUT2D eigenvalue weighted by Gasteiger charge is 2.24. The molecular formula is C18H22N4. The van der Waals surface area contributed by atoms with Crippen LogP contribution in [0.1, 0.15) is 24.0 Å². The summed E-state index contributed by atoms with van der Waals surface area (Å²) in [5.41, 5.74) is 6.45. The molecule has 0 saturated heterocycles. The van der Waals surface area contributed by atoms with Crippen molar-refractivity contribution in [2.24, 2.45) is 10.2 Å². The SMILES string of the molecule is CN1C=CC=C(N=Nc2cc3c4c(c2)CCCN4CCC3)C1. The summed E-state index contributed by atoms with van der Waals surface area (Å²) in [5, 5.41) is 8.95. The smallest absolute Gasteiger partial charge is 0.0863 e. The molecule has 0 radical (unpaired) electrons. The monoisotopic (exact) mass is 294 g/mol. The summed E-state index contributed by atoms with van der Waals surface area (Å²) in [7, 11) is 2.05. The molecule has 22 heavy (non-hydrogen) atoms. The van der Waals surface area contributed by atoms with E-state index in [-0.39, 0.29) is 0 Å². The summed E-state index contributed by atoms with van der Waals surface area (Å²) in [6.07, 6.45) is 11.0. The molecule has 0 N–H and O–H groups in total. The minimum absolute atomic E-state index is 0.825. The third-order valence-electron chi connectivity index (χ3n) is 4.65. The zero-order valence-electron chi connectivity index (χ0n) is 13.1. The van der Waals surface area contributed by atoms with E-state index in [0.717, 1.165) is 17.9 Å². The minimum Gasteiger partial charge on any atom is -0.374 e. The van der Waals surface area contributed by atoms with Crippen molar-refractivity contribution in [1.29, 1.82) is 0 Å². The van der Waals surface area contributed by atoms with E-state index in [4.69, 9.17) is 0 Å². The van der Waals surface area contributed by atoms with Crippen molar-refractivity contribution in [3.63, 3.8) is 0 Å². The quantitative estimate of drug-likeness (QED) is 0.777. The number of allylic oxidation sites excluding steroid dienone is 2. The summed E-state index contributed by atoms with van der Waals surface area (Å²) in [6.45, 7) is 3.25. The highest BCUT2D eigenvalue weighted by Crippen LogP contribution is 2.38. The molecule has 0 amide bonds. The Labute approximate surface area is 131 Å². The van der Waals surface area contributed by atoms with Crippen LogP contribution in [0, 0.1) is 0 Å². The fourth-order valence-corrected chi connectivity index (χ4v) is 3.69. The van der Waals surface area contributed by atoms with Gasteiger partial charge in [-0.1, -0.05) is 0 Å². The van der Waals surface area contributed by atoms with Crippen molar-refractivity contribution in [3.05, 3.63) is 47.3 Å². The Morgan fingerprint density at radius 2 is 1.73 bits per heavy atom. The Kier molecular flexibility index (Phi) is 3.45. The molecule has 0 aromatic heterocycles. The van der Waals surface area contributed by atoms with Gasteiger partial charge >= 0.3 is 0 Å². The number of benzene rings is 1. The summed E-state index contributed by atoms with van der Waals surface area (Å²) < 4.78 is 0. The minimum atomic E-state index is 0.825. The molecule has 4 heteroatoms. The maximum Gasteiger partial charge on any atom is 0.0863 e. The predicted molar refractivity (Wildman–Crippen MR) is 89.7 cm³/mol. The van der Waals surface area contributed by atoms with Crippen molar-refractivity contribution >= 4 is 11.4 Å². The first kappa shape index (κ1) is 13.6. The molecule has 1 aromatic rings. The molecule has 0 aliphatic carbocycles. The molecule has 1 aromatic carbocycles. The van der Waals surface area contributed by atoms with Crippen molar-refractivity contribution in [1.82, 2.24) is 4.90 Å². The van der Waals surface area contributed by atoms with Crippen LogP contribution in [0.5, 0.6) is 0 Å². The number of anilines is 1. The van der Waals surface area contributed by atoms with Crippen LogP contribution in [0.3, 0.4) is 0 Å². The molecule has 0 spiro atoms. The van der Waals surface area contributed by atoms with Crippen LogP contribution in [-0.4, -0.2) is 31.6 Å². The Hall–Kier alpha value is -2.10. The highest BCUT2D eigenvalue weighted by atomic mass is 15.2. The van der Waals surface area contributed by atoms with Crippen molar-refractivity contribution in [3.8, 4) is 0 Å². The third-order valence-corrected chi connectivity index (χ3v) is 4.65. The molecular weight excluding hydrogens is 272 g/mol. The lowest BCUT2D eigenvalue weighted by Crippen LogP contribution is -2.34. The van der Waals surface area contributed by atoms with E-state index in [1.54, 1.807) is 0 Å². The summed E-state index contributed by atoms with van der Waals surface area (Å²) in [5.74, 6) is 0. The Bertz CT molecular complexity index is 641. The van der Waals surface area contributed by atoms with Gasteiger partial charge in [0.05, 0.1) is 17.9 Å². The number of hydrogen-bond acceptors (Lipinski definition) is 4. The summed E-state index contributed by atoms with van der Waals surface area (Å²) in [4.78, 5) is 4.67. The summed E-state index contributed by atoms with van der Waals surface area (Å²) in [6, 6.07) is 4.48. The predicted octanol–water partition coefficient (Wildman–Crippen LogP) is 3.81. The first-order chi connectivity index (χ1) is 10.8. The fraction of sp³-hybridized carbons (Fsp3) is 0.444. The maximum atomic E-state index is 4.51. The van der Waals surface area contributed by atoms with Gasteiger partial charge in [0.15, 0.2) is 0 Å². The van der Waals surface area contributed by atoms with Crippen molar-refractivity contribution < 1.29 is 0 Å². The number of azo groups is 1. The van der Waals surface area contributed by atoms with E-state index in [0.29, 0.717) is 0 Å². The lowest BCUT2D eigenvalue weighted by molar-refractivity contribution is 0.486. The van der Waals surface area contributed by atoms with Crippen molar-refractivity contribution in [2.45, 2.75) is 25.7 Å². The van der Waals surface area contributed by atoms with Gasteiger partial charge in [0, 0.05) is 25.8 Å². The van der Waals surface area contributed by atoms with Crippen molar-refractivity contribution in [2.75, 3.05) is 31.6 Å². The molecule has 0 saturated carbocycles. The van der Waals surface area contributed by atoms with Crippen LogP contribution >= 0.6 is 0 Å². The zero-order valence-corrected chi connectivity index (χ0v) is 13.1. The van der Waals surface area contributed by atoms with E-state index in [1.165, 1.54) is 55.6 Å². The highest BCUT2D eigenvalue weighted by molar-refractivity contribution is 5.67. The van der Waals surface area contributed by atoms with Gasteiger partial charge in [-0.15, -0.1) is 0 Å². The van der Waals surface area contributed by atoms with Gasteiger partial charge in [-0.3, -0.25) is 0 Å². The lowest BCUT2D eigenvalue weighted by Gasteiger charge is -2.36. The Morgan fingerprint density at radius 1 is 1.00 bits per heavy atom. The molecule has 4 rings (SSSR count). The van der Waals surface area contributed by atoms with Crippen LogP contribution in [0.2, 0.25) is 0 Å². The average Bonchev–Trinajstić information content (AvgIpc) is 2.54. The number of likely N-dealkylation sites (N-methyl/N-ethyl adjacent to an activating group) is 1. The zero-order chi connectivity index (χ0) is 14.9. The normalized spacial score (nSPS) is 20.3. The number of aryl methyl sites for hydroxylation is 2. The van der Waals surface area contributed by atoms with E-state index in [2.05, 4.69) is 45.4 Å². The second kappa shape index (κ2) is 5.59. The molecule has 0 unspecified atom stereocenters. The average molecular weight is 294 g/mol. The van der Waals surface area contributed by atoms with E-state index < -0.39 is 0 Å². The summed E-state index contributed by atoms with van der Waals surface area (Å²) >= 11 is 0. The molecule has 114 valence electrons. The van der Waals surface area contributed by atoms with Gasteiger partial charge in [0.1, 0.15) is 0 Å². The van der Waals surface area contributed by atoms with Crippen LogP contribution in [-0.2, 0) is 12.8 Å². The Morgan fingerprint density at radius 3 is 2.41 bits per heavy atom. The van der Waals surface area contributed by atoms with E-state index in [9.17, 15) is 0 Å². The standard InChI is InChI=1S/C18H22N4/c1-21-8-4-7-16(13-21)19-20-17-11-14-5-2-9-22-10-3-6-15(12-17)18(14)22/h4,7-8,11-12H,2-3,5-6,9-10,13H2,1H3. The lowest BCUT2D eigenvalue weighted by atomic mass is 9.91. The molecule has 3 aliphatic rings. The van der Waals surface area contributed by atoms with Gasteiger partial charge < -0.3 is 9.80 Å². The maximum absolute atomic E-state index is 4.51. The topological polar surface area (TPSA) is 31.2 Å². The number of hydrogen-bond donors (Lipinski definition) is 0. The second-order valence-electron chi connectivity index (χ2n) is 6.42. The van der Waals surface area contributed by atoms with Gasteiger partial charge in [0.2, 0.25) is 0 Å². The van der Waals surface area contributed by atoms with Crippen LogP contribution in [0.25, 0.3) is 0 Å². The fourth-order valence-electron chi connectivity index (χ4n) is 3.69. The van der Waals surface area contributed by atoms with Gasteiger partial charge in [-0.25, -0.2) is 0 Å².